The van der Waals surface area contributed by atoms with Crippen LogP contribution in [-0.2, 0) is 10.4 Å². The molecule has 0 saturated heterocycles. The van der Waals surface area contributed by atoms with Gasteiger partial charge in [0.15, 0.2) is 0 Å². The van der Waals surface area contributed by atoms with Crippen LogP contribution in [-0.4, -0.2) is 16.2 Å². The van der Waals surface area contributed by atoms with Gasteiger partial charge in [-0.2, -0.15) is 0 Å². The molecular weight excluding hydrogens is 192 g/mol. The van der Waals surface area contributed by atoms with E-state index in [9.17, 15) is 9.90 Å². The van der Waals surface area contributed by atoms with E-state index in [-0.39, 0.29) is 12.3 Å². The summed E-state index contributed by atoms with van der Waals surface area (Å²) in [5.74, 6) is -1.13. The molecule has 0 heterocycles. The van der Waals surface area contributed by atoms with Crippen molar-refractivity contribution >= 4 is 5.97 Å². The fourth-order valence-corrected chi connectivity index (χ4v) is 1.60. The summed E-state index contributed by atoms with van der Waals surface area (Å²) < 4.78 is 0. The Morgan fingerprint density at radius 3 is 2.27 bits per heavy atom. The molecule has 3 nitrogen and oxygen atoms in total. The molecule has 1 atom stereocenters. The zero-order valence-electron chi connectivity index (χ0n) is 8.97. The first kappa shape index (κ1) is 11.7. The van der Waals surface area contributed by atoms with Crippen LogP contribution in [0.3, 0.4) is 0 Å². The van der Waals surface area contributed by atoms with Gasteiger partial charge in [-0.25, -0.2) is 0 Å². The number of hydrogen-bond acceptors (Lipinski definition) is 2. The maximum atomic E-state index is 10.7. The SMILES string of the molecule is CC(C)[C@](O)(CC(=O)O)c1ccccc1. The average molecular weight is 208 g/mol. The first-order valence-electron chi connectivity index (χ1n) is 4.96. The summed E-state index contributed by atoms with van der Waals surface area (Å²) in [7, 11) is 0. The second-order valence-electron chi connectivity index (χ2n) is 4.02. The Hall–Kier alpha value is -1.35. The summed E-state index contributed by atoms with van der Waals surface area (Å²) >= 11 is 0. The summed E-state index contributed by atoms with van der Waals surface area (Å²) in [5, 5.41) is 19.1. The van der Waals surface area contributed by atoms with Crippen LogP contribution in [0.1, 0.15) is 25.8 Å². The molecule has 0 radical (unpaired) electrons. The van der Waals surface area contributed by atoms with E-state index in [4.69, 9.17) is 5.11 Å². The molecule has 1 aromatic rings. The minimum atomic E-state index is -1.28. The number of carbonyl (C=O) groups is 1. The van der Waals surface area contributed by atoms with Gasteiger partial charge in [0.05, 0.1) is 6.42 Å². The van der Waals surface area contributed by atoms with E-state index >= 15 is 0 Å². The van der Waals surface area contributed by atoms with Crippen LogP contribution in [0, 0.1) is 5.92 Å². The maximum Gasteiger partial charge on any atom is 0.306 e. The summed E-state index contributed by atoms with van der Waals surface area (Å²) in [6.07, 6.45) is -0.269. The van der Waals surface area contributed by atoms with Crippen molar-refractivity contribution in [3.8, 4) is 0 Å². The normalized spacial score (nSPS) is 14.9. The van der Waals surface area contributed by atoms with Crippen LogP contribution < -0.4 is 0 Å². The second-order valence-corrected chi connectivity index (χ2v) is 4.02. The Kier molecular flexibility index (Phi) is 3.48. The Labute approximate surface area is 89.4 Å². The predicted molar refractivity (Wildman–Crippen MR) is 57.4 cm³/mol. The lowest BCUT2D eigenvalue weighted by Gasteiger charge is -2.31. The number of aliphatic carboxylic acids is 1. The minimum absolute atomic E-state index is 0.143. The van der Waals surface area contributed by atoms with Crippen LogP contribution in [0.4, 0.5) is 0 Å². The number of carboxylic acid groups (broad SMARTS) is 1. The van der Waals surface area contributed by atoms with Crippen molar-refractivity contribution in [3.63, 3.8) is 0 Å². The van der Waals surface area contributed by atoms with Crippen molar-refractivity contribution in [2.24, 2.45) is 5.92 Å². The van der Waals surface area contributed by atoms with Gasteiger partial charge < -0.3 is 10.2 Å². The summed E-state index contributed by atoms with van der Waals surface area (Å²) in [4.78, 5) is 10.7. The molecule has 0 aliphatic heterocycles. The summed E-state index contributed by atoms with van der Waals surface area (Å²) in [5.41, 5.74) is -0.630. The third-order valence-corrected chi connectivity index (χ3v) is 2.65. The van der Waals surface area contributed by atoms with Crippen LogP contribution in [0.25, 0.3) is 0 Å². The molecule has 0 aliphatic rings. The summed E-state index contributed by atoms with van der Waals surface area (Å²) in [6.45, 7) is 3.63. The zero-order valence-corrected chi connectivity index (χ0v) is 8.97. The van der Waals surface area contributed by atoms with Gasteiger partial charge in [0.2, 0.25) is 0 Å². The van der Waals surface area contributed by atoms with Crippen molar-refractivity contribution in [2.75, 3.05) is 0 Å². The van der Waals surface area contributed by atoms with E-state index in [1.165, 1.54) is 0 Å². The van der Waals surface area contributed by atoms with E-state index in [1.807, 2.05) is 19.9 Å². The molecule has 15 heavy (non-hydrogen) atoms. The Morgan fingerprint density at radius 2 is 1.87 bits per heavy atom. The third-order valence-electron chi connectivity index (χ3n) is 2.65. The maximum absolute atomic E-state index is 10.7. The van der Waals surface area contributed by atoms with Crippen molar-refractivity contribution < 1.29 is 15.0 Å². The van der Waals surface area contributed by atoms with E-state index in [0.717, 1.165) is 0 Å². The molecule has 0 fully saturated rings. The number of benzene rings is 1. The molecule has 0 aromatic heterocycles. The highest BCUT2D eigenvalue weighted by molar-refractivity contribution is 5.68. The lowest BCUT2D eigenvalue weighted by Crippen LogP contribution is -2.34. The topological polar surface area (TPSA) is 57.5 Å². The first-order valence-corrected chi connectivity index (χ1v) is 4.96. The largest absolute Gasteiger partial charge is 0.481 e. The van der Waals surface area contributed by atoms with E-state index in [2.05, 4.69) is 0 Å². The predicted octanol–water partition coefficient (Wildman–Crippen LogP) is 2.00. The molecule has 0 amide bonds. The Bertz CT molecular complexity index is 332. The quantitative estimate of drug-likeness (QED) is 0.795. The van der Waals surface area contributed by atoms with Crippen molar-refractivity contribution in [1.82, 2.24) is 0 Å². The smallest absolute Gasteiger partial charge is 0.306 e. The molecule has 1 rings (SSSR count). The first-order chi connectivity index (χ1) is 6.97. The third kappa shape index (κ3) is 2.57. The average Bonchev–Trinajstić information content (AvgIpc) is 2.17. The Balaban J connectivity index is 3.07. The van der Waals surface area contributed by atoms with Gasteiger partial charge in [0.1, 0.15) is 5.60 Å². The van der Waals surface area contributed by atoms with Gasteiger partial charge in [-0.15, -0.1) is 0 Å². The molecule has 3 heteroatoms. The zero-order chi connectivity index (χ0) is 11.5. The standard InChI is InChI=1S/C12H16O3/c1-9(2)12(15,8-11(13)14)10-6-4-3-5-7-10/h3-7,9,15H,8H2,1-2H3,(H,13,14)/t12-/m1/s1. The molecule has 82 valence electrons. The molecule has 0 saturated carbocycles. The van der Waals surface area contributed by atoms with Gasteiger partial charge in [0.25, 0.3) is 0 Å². The number of aliphatic hydroxyl groups is 1. The van der Waals surface area contributed by atoms with Gasteiger partial charge in [-0.05, 0) is 11.5 Å². The Morgan fingerprint density at radius 1 is 1.33 bits per heavy atom. The molecule has 0 unspecified atom stereocenters. The van der Waals surface area contributed by atoms with E-state index < -0.39 is 11.6 Å². The highest BCUT2D eigenvalue weighted by Gasteiger charge is 2.35. The molecule has 0 aliphatic carbocycles. The fraction of sp³-hybridized carbons (Fsp3) is 0.417. The minimum Gasteiger partial charge on any atom is -0.481 e. The van der Waals surface area contributed by atoms with E-state index in [0.29, 0.717) is 5.56 Å². The van der Waals surface area contributed by atoms with E-state index in [1.54, 1.807) is 24.3 Å². The molecule has 2 N–H and O–H groups in total. The van der Waals surface area contributed by atoms with Crippen LogP contribution in [0.2, 0.25) is 0 Å². The van der Waals surface area contributed by atoms with Crippen LogP contribution >= 0.6 is 0 Å². The van der Waals surface area contributed by atoms with Crippen molar-refractivity contribution in [1.29, 1.82) is 0 Å². The lowest BCUT2D eigenvalue weighted by molar-refractivity contribution is -0.145. The lowest BCUT2D eigenvalue weighted by atomic mass is 9.81. The van der Waals surface area contributed by atoms with Crippen molar-refractivity contribution in [3.05, 3.63) is 35.9 Å². The molecule has 0 spiro atoms. The fourth-order valence-electron chi connectivity index (χ4n) is 1.60. The molecule has 0 bridgehead atoms. The molecule has 1 aromatic carbocycles. The second kappa shape index (κ2) is 4.45. The number of carboxylic acids is 1. The van der Waals surface area contributed by atoms with Crippen molar-refractivity contribution in [2.45, 2.75) is 25.9 Å². The van der Waals surface area contributed by atoms with Gasteiger partial charge >= 0.3 is 5.97 Å². The number of hydrogen-bond donors (Lipinski definition) is 2. The molecular formula is C12H16O3. The van der Waals surface area contributed by atoms with Crippen LogP contribution in [0.5, 0.6) is 0 Å². The van der Waals surface area contributed by atoms with Gasteiger partial charge in [0, 0.05) is 0 Å². The number of rotatable bonds is 4. The summed E-state index contributed by atoms with van der Waals surface area (Å²) in [6, 6.07) is 8.94. The highest BCUT2D eigenvalue weighted by Crippen LogP contribution is 2.32. The monoisotopic (exact) mass is 208 g/mol. The van der Waals surface area contributed by atoms with Gasteiger partial charge in [-0.1, -0.05) is 44.2 Å². The highest BCUT2D eigenvalue weighted by atomic mass is 16.4. The van der Waals surface area contributed by atoms with Gasteiger partial charge in [-0.3, -0.25) is 4.79 Å². The van der Waals surface area contributed by atoms with Crippen LogP contribution in [0.15, 0.2) is 30.3 Å².